The average molecular weight is 286 g/mol. The molecule has 1 fully saturated rings. The Hall–Kier alpha value is -1.30. The predicted molar refractivity (Wildman–Crippen MR) is 75.7 cm³/mol. The molecule has 0 aliphatic heterocycles. The summed E-state index contributed by atoms with van der Waals surface area (Å²) < 4.78 is 5.72. The fourth-order valence-electron chi connectivity index (χ4n) is 2.36. The minimum Gasteiger partial charge on any atom is -0.481 e. The Labute approximate surface area is 120 Å². The van der Waals surface area contributed by atoms with Gasteiger partial charge in [-0.05, 0) is 19.8 Å². The van der Waals surface area contributed by atoms with Crippen LogP contribution in [0.3, 0.4) is 0 Å². The van der Waals surface area contributed by atoms with Crippen LogP contribution in [0, 0.1) is 0 Å². The van der Waals surface area contributed by atoms with E-state index >= 15 is 0 Å². The second-order valence-electron chi connectivity index (χ2n) is 5.09. The van der Waals surface area contributed by atoms with Crippen LogP contribution in [0.25, 0.3) is 0 Å². The van der Waals surface area contributed by atoms with E-state index in [0.717, 1.165) is 12.8 Å². The van der Waals surface area contributed by atoms with Crippen molar-refractivity contribution < 1.29 is 19.4 Å². The number of carboxylic acid groups (broad SMARTS) is 1. The van der Waals surface area contributed by atoms with Gasteiger partial charge < -0.3 is 20.1 Å². The van der Waals surface area contributed by atoms with Crippen molar-refractivity contribution in [1.82, 2.24) is 10.2 Å². The molecule has 0 heterocycles. The topological polar surface area (TPSA) is 78.9 Å². The Morgan fingerprint density at radius 3 is 2.60 bits per heavy atom. The number of carboxylic acids is 1. The van der Waals surface area contributed by atoms with Crippen LogP contribution >= 0.6 is 0 Å². The Bertz CT molecular complexity index is 304. The lowest BCUT2D eigenvalue weighted by atomic mass is 9.98. The third kappa shape index (κ3) is 6.75. The summed E-state index contributed by atoms with van der Waals surface area (Å²) in [6.07, 6.45) is 6.31. The summed E-state index contributed by atoms with van der Waals surface area (Å²) in [5.41, 5.74) is 0. The summed E-state index contributed by atoms with van der Waals surface area (Å²) in [5.74, 6) is -0.892. The van der Waals surface area contributed by atoms with Gasteiger partial charge in [0.2, 0.25) is 0 Å². The standard InChI is InChI=1S/C14H26N2O4/c1-2-16(10-8-13(17)18)14(19)15-9-11-20-12-6-4-3-5-7-12/h12H,2-11H2,1H3,(H,15,19)(H,17,18). The number of aliphatic carboxylic acids is 1. The van der Waals surface area contributed by atoms with E-state index in [1.165, 1.54) is 24.2 Å². The zero-order chi connectivity index (χ0) is 14.8. The van der Waals surface area contributed by atoms with Crippen LogP contribution in [-0.4, -0.2) is 54.4 Å². The van der Waals surface area contributed by atoms with Gasteiger partial charge in [0.25, 0.3) is 0 Å². The molecule has 6 nitrogen and oxygen atoms in total. The van der Waals surface area contributed by atoms with E-state index in [4.69, 9.17) is 9.84 Å². The maximum atomic E-state index is 11.8. The minimum absolute atomic E-state index is 0.0279. The molecule has 0 bridgehead atoms. The van der Waals surface area contributed by atoms with E-state index in [1.54, 1.807) is 0 Å². The third-order valence-electron chi connectivity index (χ3n) is 3.55. The quantitative estimate of drug-likeness (QED) is 0.667. The molecule has 1 aliphatic rings. The van der Waals surface area contributed by atoms with E-state index in [-0.39, 0.29) is 19.0 Å². The molecule has 2 N–H and O–H groups in total. The van der Waals surface area contributed by atoms with Gasteiger partial charge in [0.05, 0.1) is 19.1 Å². The molecule has 116 valence electrons. The van der Waals surface area contributed by atoms with Crippen molar-refractivity contribution >= 4 is 12.0 Å². The smallest absolute Gasteiger partial charge is 0.317 e. The van der Waals surface area contributed by atoms with Crippen LogP contribution < -0.4 is 5.32 Å². The van der Waals surface area contributed by atoms with E-state index in [1.807, 2.05) is 6.92 Å². The molecule has 1 aliphatic carbocycles. The monoisotopic (exact) mass is 286 g/mol. The number of nitrogens with zero attached hydrogens (tertiary/aromatic N) is 1. The Balaban J connectivity index is 2.12. The van der Waals surface area contributed by atoms with Crippen LogP contribution in [0.5, 0.6) is 0 Å². The molecule has 0 atom stereocenters. The zero-order valence-corrected chi connectivity index (χ0v) is 12.3. The van der Waals surface area contributed by atoms with Gasteiger partial charge in [-0.1, -0.05) is 19.3 Å². The largest absolute Gasteiger partial charge is 0.481 e. The van der Waals surface area contributed by atoms with Gasteiger partial charge in [-0.25, -0.2) is 4.79 Å². The van der Waals surface area contributed by atoms with Crippen molar-refractivity contribution in [2.45, 2.75) is 51.6 Å². The van der Waals surface area contributed by atoms with Crippen LogP contribution in [0.4, 0.5) is 4.79 Å². The van der Waals surface area contributed by atoms with Gasteiger partial charge in [0.1, 0.15) is 0 Å². The van der Waals surface area contributed by atoms with Gasteiger partial charge in [-0.2, -0.15) is 0 Å². The van der Waals surface area contributed by atoms with Crippen LogP contribution in [0.1, 0.15) is 45.4 Å². The molecule has 1 saturated carbocycles. The number of carbonyl (C=O) groups is 2. The predicted octanol–water partition coefficient (Wildman–Crippen LogP) is 1.84. The molecule has 0 aromatic carbocycles. The average Bonchev–Trinajstić information content (AvgIpc) is 2.45. The molecule has 0 radical (unpaired) electrons. The highest BCUT2D eigenvalue weighted by atomic mass is 16.5. The molecule has 0 unspecified atom stereocenters. The SMILES string of the molecule is CCN(CCC(=O)O)C(=O)NCCOC1CCCCC1. The third-order valence-corrected chi connectivity index (χ3v) is 3.55. The minimum atomic E-state index is -0.892. The molecule has 2 amide bonds. The number of carbonyl (C=O) groups excluding carboxylic acids is 1. The summed E-state index contributed by atoms with van der Waals surface area (Å²) in [5, 5.41) is 11.4. The maximum Gasteiger partial charge on any atom is 0.317 e. The zero-order valence-electron chi connectivity index (χ0n) is 12.3. The fourth-order valence-corrected chi connectivity index (χ4v) is 2.36. The molecule has 1 rings (SSSR count). The van der Waals surface area contributed by atoms with Crippen molar-refractivity contribution in [2.24, 2.45) is 0 Å². The Morgan fingerprint density at radius 2 is 2.00 bits per heavy atom. The lowest BCUT2D eigenvalue weighted by Gasteiger charge is -2.23. The van der Waals surface area contributed by atoms with Crippen molar-refractivity contribution in [3.63, 3.8) is 0 Å². The van der Waals surface area contributed by atoms with Crippen molar-refractivity contribution in [3.05, 3.63) is 0 Å². The van der Waals surface area contributed by atoms with Crippen molar-refractivity contribution in [2.75, 3.05) is 26.2 Å². The highest BCUT2D eigenvalue weighted by molar-refractivity contribution is 5.75. The number of rotatable bonds is 8. The molecule has 20 heavy (non-hydrogen) atoms. The van der Waals surface area contributed by atoms with Crippen LogP contribution in [0.2, 0.25) is 0 Å². The number of hydrogen-bond acceptors (Lipinski definition) is 3. The van der Waals surface area contributed by atoms with Crippen molar-refractivity contribution in [1.29, 1.82) is 0 Å². The maximum absolute atomic E-state index is 11.8. The second kappa shape index (κ2) is 9.58. The van der Waals surface area contributed by atoms with Crippen LogP contribution in [-0.2, 0) is 9.53 Å². The van der Waals surface area contributed by atoms with Crippen molar-refractivity contribution in [3.8, 4) is 0 Å². The number of amides is 2. The van der Waals surface area contributed by atoms with E-state index < -0.39 is 5.97 Å². The molecule has 0 aromatic rings. The molecule has 0 spiro atoms. The van der Waals surface area contributed by atoms with E-state index in [2.05, 4.69) is 5.32 Å². The van der Waals surface area contributed by atoms with Gasteiger partial charge in [-0.15, -0.1) is 0 Å². The summed E-state index contributed by atoms with van der Waals surface area (Å²) in [4.78, 5) is 23.8. The summed E-state index contributed by atoms with van der Waals surface area (Å²) in [6, 6.07) is -0.221. The lowest BCUT2D eigenvalue weighted by molar-refractivity contribution is -0.137. The lowest BCUT2D eigenvalue weighted by Crippen LogP contribution is -2.42. The Morgan fingerprint density at radius 1 is 1.30 bits per heavy atom. The first-order valence-electron chi connectivity index (χ1n) is 7.49. The molecular weight excluding hydrogens is 260 g/mol. The molecule has 6 heteroatoms. The van der Waals surface area contributed by atoms with Crippen LogP contribution in [0.15, 0.2) is 0 Å². The Kier molecular flexibility index (Phi) is 8.02. The molecular formula is C14H26N2O4. The first-order valence-corrected chi connectivity index (χ1v) is 7.49. The summed E-state index contributed by atoms with van der Waals surface area (Å²) in [6.45, 7) is 3.56. The van der Waals surface area contributed by atoms with Gasteiger partial charge in [0, 0.05) is 19.6 Å². The van der Waals surface area contributed by atoms with E-state index in [9.17, 15) is 9.59 Å². The number of urea groups is 1. The number of nitrogens with one attached hydrogen (secondary N) is 1. The fraction of sp³-hybridized carbons (Fsp3) is 0.857. The summed E-state index contributed by atoms with van der Waals surface area (Å²) >= 11 is 0. The highest BCUT2D eigenvalue weighted by Gasteiger charge is 2.14. The highest BCUT2D eigenvalue weighted by Crippen LogP contribution is 2.19. The first-order chi connectivity index (χ1) is 9.63. The van der Waals surface area contributed by atoms with E-state index in [0.29, 0.717) is 25.8 Å². The van der Waals surface area contributed by atoms with Gasteiger partial charge in [0.15, 0.2) is 0 Å². The summed E-state index contributed by atoms with van der Waals surface area (Å²) in [7, 11) is 0. The van der Waals surface area contributed by atoms with Gasteiger partial charge >= 0.3 is 12.0 Å². The van der Waals surface area contributed by atoms with Gasteiger partial charge in [-0.3, -0.25) is 4.79 Å². The molecule has 0 aromatic heterocycles. The first kappa shape index (κ1) is 16.8. The normalized spacial score (nSPS) is 15.8. The number of hydrogen-bond donors (Lipinski definition) is 2. The molecule has 0 saturated heterocycles. The second-order valence-corrected chi connectivity index (χ2v) is 5.09. The number of ether oxygens (including phenoxy) is 1.